The molecule has 0 aliphatic carbocycles. The van der Waals surface area contributed by atoms with Crippen molar-refractivity contribution in [3.63, 3.8) is 0 Å². The molecule has 4 heteroatoms. The third kappa shape index (κ3) is 3.17. The second kappa shape index (κ2) is 5.78. The van der Waals surface area contributed by atoms with Gasteiger partial charge in [0, 0.05) is 31.5 Å². The minimum atomic E-state index is -0.404. The summed E-state index contributed by atoms with van der Waals surface area (Å²) in [5, 5.41) is 9.34. The lowest BCUT2D eigenvalue weighted by Gasteiger charge is -2.14. The molecule has 1 fully saturated rings. The minimum absolute atomic E-state index is 0.0105. The molecule has 1 heterocycles. The summed E-state index contributed by atoms with van der Waals surface area (Å²) in [4.78, 5) is 25.2. The molecule has 0 unspecified atom stereocenters. The predicted molar refractivity (Wildman–Crippen MR) is 67.2 cm³/mol. The zero-order valence-corrected chi connectivity index (χ0v) is 10.2. The van der Waals surface area contributed by atoms with Crippen LogP contribution >= 0.6 is 0 Å². The summed E-state index contributed by atoms with van der Waals surface area (Å²) in [7, 11) is 0. The van der Waals surface area contributed by atoms with Gasteiger partial charge in [0.25, 0.3) is 0 Å². The van der Waals surface area contributed by atoms with Gasteiger partial charge in [0.05, 0.1) is 6.10 Å². The lowest BCUT2D eigenvalue weighted by atomic mass is 10.1. The number of benzene rings is 1. The van der Waals surface area contributed by atoms with E-state index < -0.39 is 6.10 Å². The van der Waals surface area contributed by atoms with Crippen LogP contribution in [0.15, 0.2) is 30.3 Å². The molecule has 2 rings (SSSR count). The molecule has 1 aromatic rings. The number of amides is 1. The van der Waals surface area contributed by atoms with Crippen molar-refractivity contribution in [2.75, 3.05) is 13.1 Å². The Balaban J connectivity index is 1.81. The molecule has 0 bridgehead atoms. The predicted octanol–water partition coefficient (Wildman–Crippen LogP) is 1.24. The summed E-state index contributed by atoms with van der Waals surface area (Å²) in [6.07, 6.45) is 0.688. The maximum absolute atomic E-state index is 11.8. The summed E-state index contributed by atoms with van der Waals surface area (Å²) >= 11 is 0. The van der Waals surface area contributed by atoms with E-state index in [0.717, 1.165) is 0 Å². The lowest BCUT2D eigenvalue weighted by Crippen LogP contribution is -2.29. The van der Waals surface area contributed by atoms with Gasteiger partial charge in [-0.05, 0) is 6.42 Å². The van der Waals surface area contributed by atoms with Crippen molar-refractivity contribution in [2.24, 2.45) is 0 Å². The highest BCUT2D eigenvalue weighted by molar-refractivity contribution is 5.97. The van der Waals surface area contributed by atoms with Crippen LogP contribution in [-0.4, -0.2) is 40.9 Å². The van der Waals surface area contributed by atoms with Crippen LogP contribution in [0, 0.1) is 0 Å². The van der Waals surface area contributed by atoms with Crippen LogP contribution in [0.25, 0.3) is 0 Å². The van der Waals surface area contributed by atoms with Crippen molar-refractivity contribution < 1.29 is 14.7 Å². The van der Waals surface area contributed by atoms with E-state index in [2.05, 4.69) is 0 Å². The van der Waals surface area contributed by atoms with Crippen molar-refractivity contribution in [1.82, 2.24) is 4.90 Å². The van der Waals surface area contributed by atoms with Crippen LogP contribution in [0.2, 0.25) is 0 Å². The van der Waals surface area contributed by atoms with Crippen LogP contribution in [0.4, 0.5) is 0 Å². The van der Waals surface area contributed by atoms with Crippen molar-refractivity contribution in [3.8, 4) is 0 Å². The monoisotopic (exact) mass is 247 g/mol. The number of rotatable bonds is 4. The lowest BCUT2D eigenvalue weighted by molar-refractivity contribution is -0.130. The molecule has 1 aromatic carbocycles. The molecular weight excluding hydrogens is 230 g/mol. The Bertz CT molecular complexity index is 430. The summed E-state index contributed by atoms with van der Waals surface area (Å²) < 4.78 is 0. The Morgan fingerprint density at radius 3 is 2.56 bits per heavy atom. The van der Waals surface area contributed by atoms with Crippen molar-refractivity contribution in [3.05, 3.63) is 35.9 Å². The molecule has 0 aromatic heterocycles. The number of carbonyl (C=O) groups is 2. The van der Waals surface area contributed by atoms with Crippen molar-refractivity contribution >= 4 is 11.7 Å². The second-order valence-corrected chi connectivity index (χ2v) is 4.57. The van der Waals surface area contributed by atoms with E-state index in [1.165, 1.54) is 0 Å². The van der Waals surface area contributed by atoms with Crippen LogP contribution < -0.4 is 0 Å². The number of hydrogen-bond donors (Lipinski definition) is 1. The normalized spacial score (nSPS) is 18.9. The summed E-state index contributed by atoms with van der Waals surface area (Å²) in [6.45, 7) is 0.998. The van der Waals surface area contributed by atoms with Crippen LogP contribution in [0.1, 0.15) is 29.6 Å². The van der Waals surface area contributed by atoms with Gasteiger partial charge in [-0.3, -0.25) is 9.59 Å². The van der Waals surface area contributed by atoms with E-state index in [1.807, 2.05) is 18.2 Å². The largest absolute Gasteiger partial charge is 0.391 e. The molecular formula is C14H17NO3. The Labute approximate surface area is 106 Å². The van der Waals surface area contributed by atoms with E-state index in [0.29, 0.717) is 25.1 Å². The van der Waals surface area contributed by atoms with E-state index in [1.54, 1.807) is 17.0 Å². The molecule has 1 aliphatic heterocycles. The van der Waals surface area contributed by atoms with Crippen LogP contribution in [0.5, 0.6) is 0 Å². The van der Waals surface area contributed by atoms with Gasteiger partial charge in [0.15, 0.2) is 5.78 Å². The zero-order chi connectivity index (χ0) is 13.0. The number of aliphatic hydroxyl groups excluding tert-OH is 1. The fourth-order valence-corrected chi connectivity index (χ4v) is 2.12. The molecule has 0 radical (unpaired) electrons. The first-order valence-electron chi connectivity index (χ1n) is 6.21. The van der Waals surface area contributed by atoms with Gasteiger partial charge in [-0.15, -0.1) is 0 Å². The van der Waals surface area contributed by atoms with Crippen LogP contribution in [-0.2, 0) is 4.79 Å². The molecule has 1 saturated heterocycles. The fourth-order valence-electron chi connectivity index (χ4n) is 2.12. The van der Waals surface area contributed by atoms with Gasteiger partial charge < -0.3 is 10.0 Å². The standard InChI is InChI=1S/C14H17NO3/c16-12-8-9-15(10-12)14(18)7-6-13(17)11-4-2-1-3-5-11/h1-5,12,16H,6-10H2/t12-/m0/s1. The Kier molecular flexibility index (Phi) is 4.10. The van der Waals surface area contributed by atoms with Gasteiger partial charge >= 0.3 is 0 Å². The minimum Gasteiger partial charge on any atom is -0.391 e. The molecule has 0 spiro atoms. The van der Waals surface area contributed by atoms with Gasteiger partial charge in [-0.2, -0.15) is 0 Å². The van der Waals surface area contributed by atoms with Crippen LogP contribution in [0.3, 0.4) is 0 Å². The summed E-state index contributed by atoms with van der Waals surface area (Å²) in [6, 6.07) is 8.99. The SMILES string of the molecule is O=C(CCC(=O)N1CC[C@H](O)C1)c1ccccc1. The first kappa shape index (κ1) is 12.8. The third-order valence-corrected chi connectivity index (χ3v) is 3.18. The first-order chi connectivity index (χ1) is 8.66. The topological polar surface area (TPSA) is 57.6 Å². The number of Topliss-reactive ketones (excluding diaryl/α,β-unsaturated/α-hetero) is 1. The Morgan fingerprint density at radius 2 is 1.94 bits per heavy atom. The number of aliphatic hydroxyl groups is 1. The summed E-state index contributed by atoms with van der Waals surface area (Å²) in [5.74, 6) is -0.0560. The van der Waals surface area contributed by atoms with Gasteiger partial charge in [-0.25, -0.2) is 0 Å². The Morgan fingerprint density at radius 1 is 1.22 bits per heavy atom. The number of β-amino-alcohol motifs (C(OH)–C–C–N with tert-alkyl or cyclic N) is 1. The first-order valence-corrected chi connectivity index (χ1v) is 6.21. The Hall–Kier alpha value is -1.68. The fraction of sp³-hybridized carbons (Fsp3) is 0.429. The quantitative estimate of drug-likeness (QED) is 0.814. The average Bonchev–Trinajstić information content (AvgIpc) is 2.83. The number of nitrogens with zero attached hydrogens (tertiary/aromatic N) is 1. The highest BCUT2D eigenvalue weighted by Gasteiger charge is 2.24. The number of likely N-dealkylation sites (tertiary alicyclic amines) is 1. The third-order valence-electron chi connectivity index (χ3n) is 3.18. The highest BCUT2D eigenvalue weighted by atomic mass is 16.3. The molecule has 18 heavy (non-hydrogen) atoms. The second-order valence-electron chi connectivity index (χ2n) is 4.57. The van der Waals surface area contributed by atoms with E-state index in [4.69, 9.17) is 0 Å². The number of ketones is 1. The van der Waals surface area contributed by atoms with Gasteiger partial charge in [0.1, 0.15) is 0 Å². The van der Waals surface area contributed by atoms with Gasteiger partial charge in [-0.1, -0.05) is 30.3 Å². The van der Waals surface area contributed by atoms with E-state index >= 15 is 0 Å². The van der Waals surface area contributed by atoms with E-state index in [-0.39, 0.29) is 24.5 Å². The average molecular weight is 247 g/mol. The summed E-state index contributed by atoms with van der Waals surface area (Å²) in [5.41, 5.74) is 0.645. The number of hydrogen-bond acceptors (Lipinski definition) is 3. The molecule has 1 N–H and O–H groups in total. The van der Waals surface area contributed by atoms with Crippen molar-refractivity contribution in [2.45, 2.75) is 25.4 Å². The maximum atomic E-state index is 11.8. The molecule has 1 amide bonds. The smallest absolute Gasteiger partial charge is 0.223 e. The molecule has 0 saturated carbocycles. The van der Waals surface area contributed by atoms with E-state index in [9.17, 15) is 14.7 Å². The van der Waals surface area contributed by atoms with Crippen molar-refractivity contribution in [1.29, 1.82) is 0 Å². The molecule has 4 nitrogen and oxygen atoms in total. The maximum Gasteiger partial charge on any atom is 0.223 e. The molecule has 96 valence electrons. The zero-order valence-electron chi connectivity index (χ0n) is 10.2. The molecule has 1 aliphatic rings. The number of carbonyl (C=O) groups excluding carboxylic acids is 2. The van der Waals surface area contributed by atoms with Gasteiger partial charge in [0.2, 0.25) is 5.91 Å². The molecule has 1 atom stereocenters. The highest BCUT2D eigenvalue weighted by Crippen LogP contribution is 2.12.